The van der Waals surface area contributed by atoms with Gasteiger partial charge in [-0.15, -0.1) is 0 Å². The SMILES string of the molecule is O=C(Nc1ccc(N2CCCCC2)nc1)c1n[nH]c2ccc(-c3cccnc3)cc12. The quantitative estimate of drug-likeness (QED) is 0.536. The van der Waals surface area contributed by atoms with Crippen LogP contribution in [-0.4, -0.2) is 39.2 Å². The minimum Gasteiger partial charge on any atom is -0.357 e. The minimum atomic E-state index is -0.267. The summed E-state index contributed by atoms with van der Waals surface area (Å²) in [7, 11) is 0. The molecule has 1 fully saturated rings. The van der Waals surface area contributed by atoms with Gasteiger partial charge in [-0.2, -0.15) is 5.10 Å². The molecule has 7 heteroatoms. The summed E-state index contributed by atoms with van der Waals surface area (Å²) in [5.74, 6) is 0.691. The molecule has 0 radical (unpaired) electrons. The highest BCUT2D eigenvalue weighted by Crippen LogP contribution is 2.25. The Morgan fingerprint density at radius 1 is 1.00 bits per heavy atom. The number of nitrogens with zero attached hydrogens (tertiary/aromatic N) is 4. The first-order valence-corrected chi connectivity index (χ1v) is 10.2. The molecule has 1 amide bonds. The van der Waals surface area contributed by atoms with Crippen LogP contribution in [0.5, 0.6) is 0 Å². The molecule has 1 saturated heterocycles. The van der Waals surface area contributed by atoms with Crippen molar-refractivity contribution in [3.63, 3.8) is 0 Å². The van der Waals surface area contributed by atoms with Crippen molar-refractivity contribution in [2.45, 2.75) is 19.3 Å². The Balaban J connectivity index is 1.37. The maximum atomic E-state index is 12.9. The van der Waals surface area contributed by atoms with E-state index in [0.29, 0.717) is 11.4 Å². The summed E-state index contributed by atoms with van der Waals surface area (Å²) in [4.78, 5) is 23.9. The van der Waals surface area contributed by atoms with Crippen LogP contribution in [0.15, 0.2) is 61.1 Å². The zero-order valence-electron chi connectivity index (χ0n) is 16.5. The van der Waals surface area contributed by atoms with Crippen LogP contribution in [0.1, 0.15) is 29.8 Å². The molecule has 1 aliphatic heterocycles. The van der Waals surface area contributed by atoms with Crippen molar-refractivity contribution in [2.75, 3.05) is 23.3 Å². The Labute approximate surface area is 174 Å². The van der Waals surface area contributed by atoms with Gasteiger partial charge >= 0.3 is 0 Å². The second-order valence-electron chi connectivity index (χ2n) is 7.48. The molecule has 0 saturated carbocycles. The first-order valence-electron chi connectivity index (χ1n) is 10.2. The number of fused-ring (bicyclic) bond motifs is 1. The summed E-state index contributed by atoms with van der Waals surface area (Å²) in [5.41, 5.74) is 3.80. The maximum absolute atomic E-state index is 12.9. The number of hydrogen-bond donors (Lipinski definition) is 2. The number of anilines is 2. The second kappa shape index (κ2) is 7.94. The molecule has 0 aliphatic carbocycles. The smallest absolute Gasteiger partial charge is 0.276 e. The molecule has 0 atom stereocenters. The van der Waals surface area contributed by atoms with Gasteiger partial charge in [0.2, 0.25) is 0 Å². The first-order chi connectivity index (χ1) is 14.8. The molecule has 4 aromatic rings. The van der Waals surface area contributed by atoms with Gasteiger partial charge in [0.25, 0.3) is 5.91 Å². The van der Waals surface area contributed by atoms with Crippen molar-refractivity contribution < 1.29 is 4.79 Å². The molecule has 150 valence electrons. The van der Waals surface area contributed by atoms with Crippen LogP contribution in [0.2, 0.25) is 0 Å². The summed E-state index contributed by atoms with van der Waals surface area (Å²) in [6, 6.07) is 13.6. The standard InChI is InChI=1S/C23H22N6O/c30-23(26-18-7-9-21(25-15-18)29-11-2-1-3-12-29)22-19-13-16(6-8-20(19)27-28-22)17-5-4-10-24-14-17/h4-10,13-15H,1-3,11-12H2,(H,26,30)(H,27,28). The van der Waals surface area contributed by atoms with Gasteiger partial charge in [0.15, 0.2) is 5.69 Å². The van der Waals surface area contributed by atoms with E-state index in [4.69, 9.17) is 0 Å². The normalized spacial score (nSPS) is 14.1. The number of nitrogens with one attached hydrogen (secondary N) is 2. The molecule has 7 nitrogen and oxygen atoms in total. The molecule has 0 bridgehead atoms. The van der Waals surface area contributed by atoms with Gasteiger partial charge in [-0.1, -0.05) is 12.1 Å². The number of amides is 1. The lowest BCUT2D eigenvalue weighted by Crippen LogP contribution is -2.30. The van der Waals surface area contributed by atoms with Crippen molar-refractivity contribution in [2.24, 2.45) is 0 Å². The third kappa shape index (κ3) is 3.61. The average Bonchev–Trinajstić information content (AvgIpc) is 3.24. The summed E-state index contributed by atoms with van der Waals surface area (Å²) in [6.07, 6.45) is 8.93. The van der Waals surface area contributed by atoms with Crippen LogP contribution >= 0.6 is 0 Å². The number of carbonyl (C=O) groups excluding carboxylic acids is 1. The molecule has 0 spiro atoms. The Bertz CT molecular complexity index is 1160. The van der Waals surface area contributed by atoms with E-state index in [9.17, 15) is 4.79 Å². The number of pyridine rings is 2. The average molecular weight is 398 g/mol. The van der Waals surface area contributed by atoms with E-state index in [-0.39, 0.29) is 5.91 Å². The van der Waals surface area contributed by atoms with Crippen LogP contribution in [0, 0.1) is 0 Å². The van der Waals surface area contributed by atoms with Gasteiger partial charge in [-0.25, -0.2) is 4.98 Å². The van der Waals surface area contributed by atoms with E-state index in [1.54, 1.807) is 18.6 Å². The first kappa shape index (κ1) is 18.3. The van der Waals surface area contributed by atoms with E-state index in [1.165, 1.54) is 19.3 Å². The van der Waals surface area contributed by atoms with Crippen molar-refractivity contribution in [1.82, 2.24) is 20.2 Å². The fourth-order valence-electron chi connectivity index (χ4n) is 3.86. The number of carbonyl (C=O) groups is 1. The topological polar surface area (TPSA) is 86.8 Å². The van der Waals surface area contributed by atoms with Crippen molar-refractivity contribution >= 4 is 28.3 Å². The molecular formula is C23H22N6O. The molecule has 3 aromatic heterocycles. The van der Waals surface area contributed by atoms with Crippen LogP contribution in [-0.2, 0) is 0 Å². The largest absolute Gasteiger partial charge is 0.357 e. The molecule has 4 heterocycles. The van der Waals surface area contributed by atoms with Crippen molar-refractivity contribution in [3.05, 3.63) is 66.7 Å². The lowest BCUT2D eigenvalue weighted by Gasteiger charge is -2.27. The molecule has 2 N–H and O–H groups in total. The number of aromatic nitrogens is 4. The Hall–Kier alpha value is -3.74. The van der Waals surface area contributed by atoms with Crippen molar-refractivity contribution in [3.8, 4) is 11.1 Å². The van der Waals surface area contributed by atoms with Crippen LogP contribution < -0.4 is 10.2 Å². The fraction of sp³-hybridized carbons (Fsp3) is 0.217. The lowest BCUT2D eigenvalue weighted by atomic mass is 10.0. The number of rotatable bonds is 4. The van der Waals surface area contributed by atoms with Gasteiger partial charge in [0, 0.05) is 36.4 Å². The second-order valence-corrected chi connectivity index (χ2v) is 7.48. The number of aromatic amines is 1. The van der Waals surface area contributed by atoms with E-state index in [0.717, 1.165) is 40.9 Å². The molecule has 1 aliphatic rings. The molecular weight excluding hydrogens is 376 g/mol. The third-order valence-corrected chi connectivity index (χ3v) is 5.46. The summed E-state index contributed by atoms with van der Waals surface area (Å²) in [5, 5.41) is 10.9. The van der Waals surface area contributed by atoms with Crippen LogP contribution in [0.25, 0.3) is 22.0 Å². The lowest BCUT2D eigenvalue weighted by molar-refractivity contribution is 0.102. The number of piperidine rings is 1. The third-order valence-electron chi connectivity index (χ3n) is 5.46. The van der Waals surface area contributed by atoms with E-state index in [1.807, 2.05) is 42.5 Å². The van der Waals surface area contributed by atoms with E-state index >= 15 is 0 Å². The van der Waals surface area contributed by atoms with Gasteiger partial charge in [-0.3, -0.25) is 14.9 Å². The van der Waals surface area contributed by atoms with E-state index in [2.05, 4.69) is 30.4 Å². The monoisotopic (exact) mass is 398 g/mol. The number of H-pyrrole nitrogens is 1. The van der Waals surface area contributed by atoms with Gasteiger partial charge in [0.1, 0.15) is 5.82 Å². The zero-order valence-corrected chi connectivity index (χ0v) is 16.5. The molecule has 0 unspecified atom stereocenters. The number of benzene rings is 1. The van der Waals surface area contributed by atoms with E-state index < -0.39 is 0 Å². The Morgan fingerprint density at radius 2 is 1.90 bits per heavy atom. The minimum absolute atomic E-state index is 0.267. The predicted molar refractivity (Wildman–Crippen MR) is 118 cm³/mol. The summed E-state index contributed by atoms with van der Waals surface area (Å²) in [6.45, 7) is 2.08. The van der Waals surface area contributed by atoms with Crippen molar-refractivity contribution in [1.29, 1.82) is 0 Å². The van der Waals surface area contributed by atoms with Gasteiger partial charge < -0.3 is 10.2 Å². The van der Waals surface area contributed by atoms with Gasteiger partial charge in [-0.05, 0) is 55.2 Å². The summed E-state index contributed by atoms with van der Waals surface area (Å²) >= 11 is 0. The fourth-order valence-corrected chi connectivity index (χ4v) is 3.86. The highest BCUT2D eigenvalue weighted by atomic mass is 16.1. The highest BCUT2D eigenvalue weighted by molar-refractivity contribution is 6.11. The van der Waals surface area contributed by atoms with Gasteiger partial charge in [0.05, 0.1) is 17.4 Å². The maximum Gasteiger partial charge on any atom is 0.276 e. The molecule has 5 rings (SSSR count). The Kier molecular flexibility index (Phi) is 4.85. The van der Waals surface area contributed by atoms with Crippen LogP contribution in [0.3, 0.4) is 0 Å². The van der Waals surface area contributed by atoms with Crippen LogP contribution in [0.4, 0.5) is 11.5 Å². The number of hydrogen-bond acceptors (Lipinski definition) is 5. The highest BCUT2D eigenvalue weighted by Gasteiger charge is 2.16. The molecule has 1 aromatic carbocycles. The zero-order chi connectivity index (χ0) is 20.3. The molecule has 30 heavy (non-hydrogen) atoms. The predicted octanol–water partition coefficient (Wildman–Crippen LogP) is 4.26. The Morgan fingerprint density at radius 3 is 2.67 bits per heavy atom. The summed E-state index contributed by atoms with van der Waals surface area (Å²) < 4.78 is 0.